The molecule has 0 aliphatic heterocycles. The van der Waals surface area contributed by atoms with Gasteiger partial charge in [0.05, 0.1) is 21.1 Å². The third-order valence-electron chi connectivity index (χ3n) is 14.3. The second kappa shape index (κ2) is 8.83. The number of carbonyl (C=O) groups excluding carboxylic acids is 1. The maximum Gasteiger partial charge on any atom is 0.362 e. The zero-order valence-electron chi connectivity index (χ0n) is 26.7. The molecule has 0 spiro atoms. The summed E-state index contributed by atoms with van der Waals surface area (Å²) in [4.78, 5) is 12.9. The fourth-order valence-electron chi connectivity index (χ4n) is 12.3. The molecule has 5 rings (SSSR count). The Hall–Kier alpha value is -0.830. The maximum absolute atomic E-state index is 12.9. The van der Waals surface area contributed by atoms with Crippen LogP contribution in [0.15, 0.2) is 12.2 Å². The van der Waals surface area contributed by atoms with E-state index in [4.69, 9.17) is 4.74 Å². The highest BCUT2D eigenvalue weighted by atomic mass is 16.5. The van der Waals surface area contributed by atoms with Crippen LogP contribution < -0.4 is 0 Å². The number of quaternary nitrogens is 1. The summed E-state index contributed by atoms with van der Waals surface area (Å²) in [7, 11) is 6.21. The molecular formula is C35H60NO2+. The van der Waals surface area contributed by atoms with Crippen LogP contribution in [0.5, 0.6) is 0 Å². The van der Waals surface area contributed by atoms with E-state index in [1.807, 2.05) is 0 Å². The van der Waals surface area contributed by atoms with Gasteiger partial charge in [0.15, 0.2) is 6.54 Å². The number of rotatable bonds is 4. The molecule has 10 atom stereocenters. The van der Waals surface area contributed by atoms with Crippen molar-refractivity contribution in [3.63, 3.8) is 0 Å². The van der Waals surface area contributed by atoms with Gasteiger partial charge in [0.25, 0.3) is 0 Å². The Bertz CT molecular complexity index is 977. The number of ether oxygens (including phenoxy) is 1. The SMILES string of the molecule is C=C(C)[C@@H]1CC[C@]2(C)CC[C@]3(C)[C@H](CC[C@@H]4[C@@]5(C)CCC(OC(=O)C[N+](C)(C)C)C(C)(C)[C@@H]5CC[C@]43C)[C@@H]12. The fourth-order valence-corrected chi connectivity index (χ4v) is 12.3. The van der Waals surface area contributed by atoms with E-state index >= 15 is 0 Å². The standard InChI is InChI=1S/C35H60NO2/c1-23(2)24-14-17-32(5)20-21-34(7)25(30(24)32)12-13-27-33(6)18-16-28(38-29(37)22-36(9,10)11)31(3,4)26(33)15-19-35(27,34)8/h24-28,30H,1,12-22H2,2-11H3/q+1/t24-,25+,26-,27+,28?,30+,32+,33-,34+,35+/m0/s1. The molecule has 1 unspecified atom stereocenters. The predicted octanol–water partition coefficient (Wildman–Crippen LogP) is 8.28. The van der Waals surface area contributed by atoms with Gasteiger partial charge in [-0.2, -0.15) is 0 Å². The van der Waals surface area contributed by atoms with E-state index in [9.17, 15) is 4.79 Å². The van der Waals surface area contributed by atoms with Crippen molar-refractivity contribution in [1.82, 2.24) is 0 Å². The number of allylic oxidation sites excluding steroid dienone is 1. The molecule has 0 heterocycles. The maximum atomic E-state index is 12.9. The summed E-state index contributed by atoms with van der Waals surface area (Å²) in [6.07, 6.45) is 13.3. The van der Waals surface area contributed by atoms with Gasteiger partial charge >= 0.3 is 5.97 Å². The average Bonchev–Trinajstić information content (AvgIpc) is 3.13. The molecule has 3 heteroatoms. The Morgan fingerprint density at radius 1 is 0.816 bits per heavy atom. The summed E-state index contributed by atoms with van der Waals surface area (Å²) >= 11 is 0. The van der Waals surface area contributed by atoms with Crippen molar-refractivity contribution in [1.29, 1.82) is 0 Å². The van der Waals surface area contributed by atoms with Crippen LogP contribution in [0.2, 0.25) is 0 Å². The molecule has 38 heavy (non-hydrogen) atoms. The third kappa shape index (κ3) is 4.01. The molecule has 5 aliphatic rings. The molecule has 0 aromatic carbocycles. The molecule has 0 amide bonds. The van der Waals surface area contributed by atoms with Crippen LogP contribution in [0, 0.1) is 56.7 Å². The van der Waals surface area contributed by atoms with Crippen molar-refractivity contribution in [2.45, 2.75) is 119 Å². The van der Waals surface area contributed by atoms with Gasteiger partial charge in [-0.05, 0) is 122 Å². The third-order valence-corrected chi connectivity index (χ3v) is 14.3. The van der Waals surface area contributed by atoms with Gasteiger partial charge in [0, 0.05) is 5.41 Å². The molecule has 0 aromatic heterocycles. The zero-order valence-corrected chi connectivity index (χ0v) is 26.7. The molecule has 0 saturated heterocycles. The number of fused-ring (bicyclic) bond motifs is 7. The Kier molecular flexibility index (Phi) is 6.67. The van der Waals surface area contributed by atoms with Gasteiger partial charge in [-0.25, -0.2) is 4.79 Å². The van der Waals surface area contributed by atoms with Gasteiger partial charge in [-0.15, -0.1) is 0 Å². The lowest BCUT2D eigenvalue weighted by Gasteiger charge is -2.73. The number of esters is 1. The lowest BCUT2D eigenvalue weighted by molar-refractivity contribution is -0.862. The molecule has 0 radical (unpaired) electrons. The Morgan fingerprint density at radius 2 is 1.50 bits per heavy atom. The highest BCUT2D eigenvalue weighted by Crippen LogP contribution is 2.77. The van der Waals surface area contributed by atoms with Crippen LogP contribution >= 0.6 is 0 Å². The lowest BCUT2D eigenvalue weighted by atomic mass is 9.32. The Labute approximate surface area is 235 Å². The van der Waals surface area contributed by atoms with Crippen LogP contribution in [0.25, 0.3) is 0 Å². The van der Waals surface area contributed by atoms with Gasteiger partial charge in [0.2, 0.25) is 0 Å². The van der Waals surface area contributed by atoms with Crippen LogP contribution in [-0.4, -0.2) is 44.2 Å². The number of carbonyl (C=O) groups is 1. The number of hydrogen-bond acceptors (Lipinski definition) is 2. The summed E-state index contributed by atoms with van der Waals surface area (Å²) < 4.78 is 6.90. The van der Waals surface area contributed by atoms with E-state index in [1.54, 1.807) is 0 Å². The fraction of sp³-hybridized carbons (Fsp3) is 0.914. The minimum absolute atomic E-state index is 0.0221. The van der Waals surface area contributed by atoms with Crippen molar-refractivity contribution in [3.05, 3.63) is 12.2 Å². The van der Waals surface area contributed by atoms with Gasteiger partial charge < -0.3 is 9.22 Å². The first-order valence-corrected chi connectivity index (χ1v) is 16.0. The van der Waals surface area contributed by atoms with E-state index in [0.29, 0.717) is 38.6 Å². The van der Waals surface area contributed by atoms with Gasteiger partial charge in [0.1, 0.15) is 6.10 Å². The van der Waals surface area contributed by atoms with E-state index < -0.39 is 0 Å². The smallest absolute Gasteiger partial charge is 0.362 e. The summed E-state index contributed by atoms with van der Waals surface area (Å²) in [5.74, 6) is 3.76. The number of hydrogen-bond donors (Lipinski definition) is 0. The van der Waals surface area contributed by atoms with Gasteiger partial charge in [-0.3, -0.25) is 0 Å². The molecular weight excluding hydrogens is 466 g/mol. The van der Waals surface area contributed by atoms with E-state index in [0.717, 1.165) is 30.1 Å². The van der Waals surface area contributed by atoms with E-state index in [1.165, 1.54) is 63.4 Å². The van der Waals surface area contributed by atoms with Crippen molar-refractivity contribution in [2.75, 3.05) is 27.7 Å². The van der Waals surface area contributed by atoms with Crippen molar-refractivity contribution < 1.29 is 14.0 Å². The highest BCUT2D eigenvalue weighted by Gasteiger charge is 2.70. The first-order valence-electron chi connectivity index (χ1n) is 16.0. The molecule has 0 bridgehead atoms. The van der Waals surface area contributed by atoms with E-state index in [2.05, 4.69) is 76.2 Å². The summed E-state index contributed by atoms with van der Waals surface area (Å²) in [6.45, 7) is 22.9. The minimum atomic E-state index is -0.0262. The molecule has 5 aliphatic carbocycles. The average molecular weight is 527 g/mol. The van der Waals surface area contributed by atoms with Crippen LogP contribution in [0.4, 0.5) is 0 Å². The molecule has 216 valence electrons. The minimum Gasteiger partial charge on any atom is -0.458 e. The van der Waals surface area contributed by atoms with Crippen molar-refractivity contribution >= 4 is 5.97 Å². The Morgan fingerprint density at radius 3 is 2.13 bits per heavy atom. The van der Waals surface area contributed by atoms with Crippen LogP contribution in [-0.2, 0) is 9.53 Å². The quantitative estimate of drug-likeness (QED) is 0.209. The second-order valence-electron chi connectivity index (χ2n) is 17.6. The summed E-state index contributed by atoms with van der Waals surface area (Å²) in [6, 6.07) is 0. The molecule has 0 N–H and O–H groups in total. The van der Waals surface area contributed by atoms with Crippen molar-refractivity contribution in [3.8, 4) is 0 Å². The number of nitrogens with zero attached hydrogens (tertiary/aromatic N) is 1. The number of likely N-dealkylation sites (N-methyl/N-ethyl adjacent to an activating group) is 1. The largest absolute Gasteiger partial charge is 0.458 e. The summed E-state index contributed by atoms with van der Waals surface area (Å²) in [5.41, 5.74) is 3.14. The molecule has 5 saturated carbocycles. The topological polar surface area (TPSA) is 26.3 Å². The van der Waals surface area contributed by atoms with Crippen molar-refractivity contribution in [2.24, 2.45) is 56.7 Å². The lowest BCUT2D eigenvalue weighted by Crippen LogP contribution is -2.66. The normalized spacial score (nSPS) is 49.7. The molecule has 0 aromatic rings. The van der Waals surface area contributed by atoms with E-state index in [-0.39, 0.29) is 17.5 Å². The Balaban J connectivity index is 1.42. The summed E-state index contributed by atoms with van der Waals surface area (Å²) in [5, 5.41) is 0. The monoisotopic (exact) mass is 526 g/mol. The predicted molar refractivity (Wildman–Crippen MR) is 157 cm³/mol. The molecule has 5 fully saturated rings. The first kappa shape index (κ1) is 28.7. The molecule has 3 nitrogen and oxygen atoms in total. The van der Waals surface area contributed by atoms with Crippen LogP contribution in [0.3, 0.4) is 0 Å². The second-order valence-corrected chi connectivity index (χ2v) is 17.6. The highest BCUT2D eigenvalue weighted by molar-refractivity contribution is 5.70. The first-order chi connectivity index (χ1) is 17.4. The van der Waals surface area contributed by atoms with Crippen LogP contribution in [0.1, 0.15) is 113 Å². The van der Waals surface area contributed by atoms with Gasteiger partial charge in [-0.1, -0.05) is 53.7 Å². The zero-order chi connectivity index (χ0) is 28.1.